The van der Waals surface area contributed by atoms with Gasteiger partial charge >= 0.3 is 5.97 Å². The van der Waals surface area contributed by atoms with Crippen molar-refractivity contribution < 1.29 is 14.6 Å². The Morgan fingerprint density at radius 1 is 1.64 bits per heavy atom. The van der Waals surface area contributed by atoms with Crippen molar-refractivity contribution in [2.45, 2.75) is 24.7 Å². The lowest BCUT2D eigenvalue weighted by Crippen LogP contribution is -2.17. The van der Waals surface area contributed by atoms with Crippen molar-refractivity contribution in [1.29, 1.82) is 0 Å². The van der Waals surface area contributed by atoms with Gasteiger partial charge in [0.15, 0.2) is 0 Å². The first-order valence-corrected chi connectivity index (χ1v) is 4.79. The second-order valence-corrected chi connectivity index (χ2v) is 3.65. The van der Waals surface area contributed by atoms with E-state index in [4.69, 9.17) is 9.84 Å². The number of ether oxygens (including phenoxy) is 1. The molecule has 1 aliphatic heterocycles. The summed E-state index contributed by atoms with van der Waals surface area (Å²) >= 11 is 1.38. The fourth-order valence-corrected chi connectivity index (χ4v) is 1.86. The maximum absolute atomic E-state index is 10.2. The van der Waals surface area contributed by atoms with Gasteiger partial charge in [-0.2, -0.15) is 0 Å². The summed E-state index contributed by atoms with van der Waals surface area (Å²) in [6.07, 6.45) is 3.28. The van der Waals surface area contributed by atoms with E-state index in [0.29, 0.717) is 0 Å². The molecular weight excluding hydrogens is 164 g/mol. The number of thioether (sulfide) groups is 1. The van der Waals surface area contributed by atoms with Gasteiger partial charge in [-0.25, -0.2) is 0 Å². The summed E-state index contributed by atoms with van der Waals surface area (Å²) in [5.41, 5.74) is 0.125. The SMILES string of the molecule is O=C(O)CS[C@H]1CCCCO1. The van der Waals surface area contributed by atoms with E-state index >= 15 is 0 Å². The average molecular weight is 176 g/mol. The molecule has 64 valence electrons. The molecule has 0 aromatic carbocycles. The van der Waals surface area contributed by atoms with Gasteiger partial charge in [-0.15, -0.1) is 11.8 Å². The molecule has 0 aromatic heterocycles. The van der Waals surface area contributed by atoms with Crippen molar-refractivity contribution in [3.05, 3.63) is 0 Å². The molecule has 11 heavy (non-hydrogen) atoms. The van der Waals surface area contributed by atoms with Crippen molar-refractivity contribution in [1.82, 2.24) is 0 Å². The first-order chi connectivity index (χ1) is 5.29. The Morgan fingerprint density at radius 2 is 2.45 bits per heavy atom. The lowest BCUT2D eigenvalue weighted by atomic mass is 10.2. The highest BCUT2D eigenvalue weighted by atomic mass is 32.2. The molecule has 1 N–H and O–H groups in total. The minimum absolute atomic E-state index is 0.125. The predicted molar refractivity (Wildman–Crippen MR) is 43.7 cm³/mol. The molecule has 3 nitrogen and oxygen atoms in total. The Hall–Kier alpha value is -0.220. The normalized spacial score (nSPS) is 24.9. The Bertz CT molecular complexity index is 132. The monoisotopic (exact) mass is 176 g/mol. The van der Waals surface area contributed by atoms with Crippen LogP contribution in [0.1, 0.15) is 19.3 Å². The Kier molecular flexibility index (Phi) is 3.72. The Morgan fingerprint density at radius 3 is 3.00 bits per heavy atom. The molecule has 1 atom stereocenters. The molecule has 0 amide bonds. The van der Waals surface area contributed by atoms with Crippen LogP contribution in [-0.2, 0) is 9.53 Å². The molecule has 0 bridgehead atoms. The van der Waals surface area contributed by atoms with Gasteiger partial charge in [0, 0.05) is 6.61 Å². The van der Waals surface area contributed by atoms with Crippen LogP contribution in [0.4, 0.5) is 0 Å². The number of carbonyl (C=O) groups is 1. The van der Waals surface area contributed by atoms with E-state index in [0.717, 1.165) is 25.9 Å². The molecule has 4 heteroatoms. The predicted octanol–water partition coefficient (Wildman–Crippen LogP) is 1.33. The maximum Gasteiger partial charge on any atom is 0.313 e. The maximum atomic E-state index is 10.2. The van der Waals surface area contributed by atoms with E-state index < -0.39 is 5.97 Å². The standard InChI is InChI=1S/C7H12O3S/c8-6(9)5-11-7-3-1-2-4-10-7/h7H,1-5H2,(H,8,9)/t7-/m0/s1. The minimum atomic E-state index is -0.760. The molecule has 1 saturated heterocycles. The molecule has 1 fully saturated rings. The fourth-order valence-electron chi connectivity index (χ4n) is 1.01. The van der Waals surface area contributed by atoms with Gasteiger partial charge < -0.3 is 9.84 Å². The highest BCUT2D eigenvalue weighted by Gasteiger charge is 2.14. The number of rotatable bonds is 3. The largest absolute Gasteiger partial charge is 0.481 e. The molecular formula is C7H12O3S. The summed E-state index contributed by atoms with van der Waals surface area (Å²) in [6, 6.07) is 0. The molecule has 1 aliphatic rings. The topological polar surface area (TPSA) is 46.5 Å². The molecule has 0 radical (unpaired) electrons. The van der Waals surface area contributed by atoms with E-state index in [9.17, 15) is 4.79 Å². The number of carboxylic acid groups (broad SMARTS) is 1. The molecule has 0 aromatic rings. The highest BCUT2D eigenvalue weighted by Crippen LogP contribution is 2.22. The van der Waals surface area contributed by atoms with Crippen molar-refractivity contribution in [2.75, 3.05) is 12.4 Å². The zero-order valence-electron chi connectivity index (χ0n) is 6.28. The Balaban J connectivity index is 2.09. The second kappa shape index (κ2) is 4.62. The van der Waals surface area contributed by atoms with Gasteiger partial charge in [-0.1, -0.05) is 0 Å². The van der Waals surface area contributed by atoms with Gasteiger partial charge in [-0.3, -0.25) is 4.79 Å². The number of aliphatic carboxylic acids is 1. The van der Waals surface area contributed by atoms with Gasteiger partial charge in [-0.05, 0) is 19.3 Å². The summed E-state index contributed by atoms with van der Waals surface area (Å²) in [5.74, 6) is -0.603. The first-order valence-electron chi connectivity index (χ1n) is 3.74. The van der Waals surface area contributed by atoms with Crippen LogP contribution in [0.2, 0.25) is 0 Å². The molecule has 0 spiro atoms. The smallest absolute Gasteiger partial charge is 0.313 e. The number of carboxylic acids is 1. The summed E-state index contributed by atoms with van der Waals surface area (Å²) in [4.78, 5) is 10.2. The quantitative estimate of drug-likeness (QED) is 0.704. The minimum Gasteiger partial charge on any atom is -0.481 e. The van der Waals surface area contributed by atoms with Crippen LogP contribution in [0, 0.1) is 0 Å². The molecule has 1 heterocycles. The third-order valence-corrected chi connectivity index (χ3v) is 2.69. The van der Waals surface area contributed by atoms with E-state index in [1.165, 1.54) is 11.8 Å². The number of hydrogen-bond donors (Lipinski definition) is 1. The second-order valence-electron chi connectivity index (χ2n) is 2.50. The summed E-state index contributed by atoms with van der Waals surface area (Å²) in [7, 11) is 0. The third-order valence-electron chi connectivity index (χ3n) is 1.53. The average Bonchev–Trinajstić information content (AvgIpc) is 2.03. The Labute approximate surface area is 70.1 Å². The molecule has 0 aliphatic carbocycles. The van der Waals surface area contributed by atoms with E-state index in [1.54, 1.807) is 0 Å². The first kappa shape index (κ1) is 8.87. The van der Waals surface area contributed by atoms with Gasteiger partial charge in [0.05, 0.1) is 5.75 Å². The van der Waals surface area contributed by atoms with Crippen LogP contribution in [0.5, 0.6) is 0 Å². The fraction of sp³-hybridized carbons (Fsp3) is 0.857. The van der Waals surface area contributed by atoms with Crippen molar-refractivity contribution in [3.8, 4) is 0 Å². The highest BCUT2D eigenvalue weighted by molar-refractivity contribution is 8.00. The van der Waals surface area contributed by atoms with E-state index in [1.807, 2.05) is 0 Å². The molecule has 0 saturated carbocycles. The van der Waals surface area contributed by atoms with Crippen LogP contribution in [0.3, 0.4) is 0 Å². The lowest BCUT2D eigenvalue weighted by Gasteiger charge is -2.20. The molecule has 0 unspecified atom stereocenters. The van der Waals surface area contributed by atoms with Gasteiger partial charge in [0.2, 0.25) is 0 Å². The molecule has 1 rings (SSSR count). The van der Waals surface area contributed by atoms with Gasteiger partial charge in [0.1, 0.15) is 5.44 Å². The summed E-state index contributed by atoms with van der Waals surface area (Å²) < 4.78 is 5.33. The zero-order chi connectivity index (χ0) is 8.10. The zero-order valence-corrected chi connectivity index (χ0v) is 7.10. The van der Waals surface area contributed by atoms with E-state index in [-0.39, 0.29) is 11.2 Å². The van der Waals surface area contributed by atoms with Gasteiger partial charge in [0.25, 0.3) is 0 Å². The van der Waals surface area contributed by atoms with Crippen LogP contribution in [0.15, 0.2) is 0 Å². The van der Waals surface area contributed by atoms with E-state index in [2.05, 4.69) is 0 Å². The number of hydrogen-bond acceptors (Lipinski definition) is 3. The third kappa shape index (κ3) is 3.62. The van der Waals surface area contributed by atoms with Crippen LogP contribution in [0.25, 0.3) is 0 Å². The van der Waals surface area contributed by atoms with Crippen LogP contribution in [-0.4, -0.2) is 28.9 Å². The van der Waals surface area contributed by atoms with Crippen molar-refractivity contribution in [3.63, 3.8) is 0 Å². The van der Waals surface area contributed by atoms with Crippen molar-refractivity contribution >= 4 is 17.7 Å². The van der Waals surface area contributed by atoms with Crippen molar-refractivity contribution in [2.24, 2.45) is 0 Å². The summed E-state index contributed by atoms with van der Waals surface area (Å²) in [6.45, 7) is 0.789. The van der Waals surface area contributed by atoms with Crippen LogP contribution >= 0.6 is 11.8 Å². The summed E-state index contributed by atoms with van der Waals surface area (Å²) in [5, 5.41) is 8.37. The lowest BCUT2D eigenvalue weighted by molar-refractivity contribution is -0.133. The van der Waals surface area contributed by atoms with Crippen LogP contribution < -0.4 is 0 Å².